The Hall–Kier alpha value is -2.97. The molecule has 0 aliphatic heterocycles. The van der Waals surface area contributed by atoms with Gasteiger partial charge in [-0.3, -0.25) is 4.98 Å². The topological polar surface area (TPSA) is 73.9 Å². The average molecular weight is 336 g/mol. The number of alkyl halides is 3. The lowest BCUT2D eigenvalue weighted by Crippen LogP contribution is -2.19. The van der Waals surface area contributed by atoms with Gasteiger partial charge in [0.1, 0.15) is 0 Å². The van der Waals surface area contributed by atoms with Gasteiger partial charge in [0.2, 0.25) is 11.7 Å². The zero-order chi connectivity index (χ0) is 17.2. The Balaban J connectivity index is 1.77. The molecule has 24 heavy (non-hydrogen) atoms. The molecule has 0 unspecified atom stereocenters. The van der Waals surface area contributed by atoms with Gasteiger partial charge in [-0.25, -0.2) is 4.98 Å². The summed E-state index contributed by atoms with van der Waals surface area (Å²) in [4.78, 5) is 12.0. The zero-order valence-electron chi connectivity index (χ0n) is 12.4. The summed E-state index contributed by atoms with van der Waals surface area (Å²) in [5, 5.41) is 3.85. The quantitative estimate of drug-likeness (QED) is 0.726. The molecule has 0 spiro atoms. The normalized spacial score (nSPS) is 11.5. The number of aryl methyl sites for hydroxylation is 1. The summed E-state index contributed by atoms with van der Waals surface area (Å²) in [5.74, 6) is 0.461. The molecule has 3 aromatic rings. The van der Waals surface area contributed by atoms with E-state index in [-0.39, 0.29) is 11.7 Å². The number of rotatable bonds is 4. The highest BCUT2D eigenvalue weighted by atomic mass is 19.4. The first-order valence-corrected chi connectivity index (χ1v) is 6.83. The van der Waals surface area contributed by atoms with Crippen molar-refractivity contribution in [1.29, 1.82) is 0 Å². The van der Waals surface area contributed by atoms with Gasteiger partial charge in [-0.05, 0) is 24.6 Å². The minimum atomic E-state index is -4.41. The van der Waals surface area contributed by atoms with E-state index in [1.54, 1.807) is 18.5 Å². The van der Waals surface area contributed by atoms with Gasteiger partial charge < -0.3 is 9.26 Å². The molecule has 3 heterocycles. The predicted octanol–water partition coefficient (Wildman–Crippen LogP) is 3.44. The Labute approximate surface area is 134 Å². The van der Waals surface area contributed by atoms with Crippen LogP contribution in [0.1, 0.15) is 5.56 Å². The van der Waals surface area contributed by atoms with Crippen molar-refractivity contribution in [2.75, 3.05) is 6.61 Å². The summed E-state index contributed by atoms with van der Waals surface area (Å²) >= 11 is 0. The van der Waals surface area contributed by atoms with Gasteiger partial charge in [0.15, 0.2) is 6.61 Å². The number of hydrogen-bond acceptors (Lipinski definition) is 6. The summed E-state index contributed by atoms with van der Waals surface area (Å²) in [5.41, 5.74) is 2.12. The molecule has 0 radical (unpaired) electrons. The van der Waals surface area contributed by atoms with Crippen LogP contribution in [0.5, 0.6) is 5.88 Å². The summed E-state index contributed by atoms with van der Waals surface area (Å²) in [6, 6.07) is 4.57. The Morgan fingerprint density at radius 1 is 1.17 bits per heavy atom. The number of aromatic nitrogens is 4. The van der Waals surface area contributed by atoms with E-state index in [4.69, 9.17) is 4.52 Å². The molecule has 6 nitrogen and oxygen atoms in total. The highest BCUT2D eigenvalue weighted by molar-refractivity contribution is 5.61. The second-order valence-electron chi connectivity index (χ2n) is 4.90. The zero-order valence-corrected chi connectivity index (χ0v) is 12.4. The van der Waals surface area contributed by atoms with Crippen LogP contribution in [-0.4, -0.2) is 32.9 Å². The molecule has 0 fully saturated rings. The van der Waals surface area contributed by atoms with E-state index < -0.39 is 12.8 Å². The number of halogens is 3. The predicted molar refractivity (Wildman–Crippen MR) is 77.0 cm³/mol. The SMILES string of the molecule is Cc1cnccc1-c1nc(-c2ccc(OCC(F)(F)F)nc2)no1. The van der Waals surface area contributed by atoms with Crippen molar-refractivity contribution in [2.45, 2.75) is 13.1 Å². The molecule has 124 valence electrons. The van der Waals surface area contributed by atoms with Gasteiger partial charge in [0.05, 0.1) is 0 Å². The number of ether oxygens (including phenoxy) is 1. The van der Waals surface area contributed by atoms with Gasteiger partial charge in [0, 0.05) is 35.8 Å². The lowest BCUT2D eigenvalue weighted by atomic mass is 10.1. The molecule has 9 heteroatoms. The highest BCUT2D eigenvalue weighted by Gasteiger charge is 2.28. The van der Waals surface area contributed by atoms with Crippen LogP contribution in [0, 0.1) is 6.92 Å². The Bertz CT molecular complexity index is 831. The highest BCUT2D eigenvalue weighted by Crippen LogP contribution is 2.24. The second-order valence-corrected chi connectivity index (χ2v) is 4.90. The first kappa shape index (κ1) is 15.9. The molecule has 0 N–H and O–H groups in total. The maximum absolute atomic E-state index is 12.1. The average Bonchev–Trinajstić information content (AvgIpc) is 3.03. The molecule has 0 aliphatic rings. The second kappa shape index (κ2) is 6.26. The van der Waals surface area contributed by atoms with Crippen LogP contribution in [0.3, 0.4) is 0 Å². The fourth-order valence-electron chi connectivity index (χ4n) is 1.92. The fourth-order valence-corrected chi connectivity index (χ4v) is 1.92. The number of nitrogens with zero attached hydrogens (tertiary/aromatic N) is 4. The molecular formula is C15H11F3N4O2. The van der Waals surface area contributed by atoms with E-state index >= 15 is 0 Å². The maximum atomic E-state index is 12.1. The summed E-state index contributed by atoms with van der Waals surface area (Å²) < 4.78 is 46.0. The van der Waals surface area contributed by atoms with E-state index in [1.807, 2.05) is 6.92 Å². The van der Waals surface area contributed by atoms with E-state index in [0.717, 1.165) is 11.1 Å². The molecule has 0 amide bonds. The molecule has 0 saturated heterocycles. The smallest absolute Gasteiger partial charge is 0.422 e. The van der Waals surface area contributed by atoms with Crippen molar-refractivity contribution in [1.82, 2.24) is 20.1 Å². The van der Waals surface area contributed by atoms with Crippen LogP contribution in [0.2, 0.25) is 0 Å². The monoisotopic (exact) mass is 336 g/mol. The lowest BCUT2D eigenvalue weighted by molar-refractivity contribution is -0.154. The third-order valence-corrected chi connectivity index (χ3v) is 3.05. The molecule has 3 rings (SSSR count). The molecular weight excluding hydrogens is 325 g/mol. The van der Waals surface area contributed by atoms with Crippen molar-refractivity contribution in [3.8, 4) is 28.7 Å². The molecule has 0 aromatic carbocycles. The van der Waals surface area contributed by atoms with Crippen LogP contribution in [0.15, 0.2) is 41.3 Å². The minimum absolute atomic E-state index is 0.134. The van der Waals surface area contributed by atoms with Crippen molar-refractivity contribution in [3.63, 3.8) is 0 Å². The fraction of sp³-hybridized carbons (Fsp3) is 0.200. The van der Waals surface area contributed by atoms with Crippen molar-refractivity contribution in [3.05, 3.63) is 42.4 Å². The van der Waals surface area contributed by atoms with Crippen LogP contribution < -0.4 is 4.74 Å². The lowest BCUT2D eigenvalue weighted by Gasteiger charge is -2.07. The summed E-state index contributed by atoms with van der Waals surface area (Å²) in [6.45, 7) is 0.466. The standard InChI is InChI=1S/C15H11F3N4O2/c1-9-6-19-5-4-11(9)14-21-13(22-24-14)10-2-3-12(20-7-10)23-8-15(16,17)18/h2-7H,8H2,1H3. The van der Waals surface area contributed by atoms with Crippen LogP contribution in [0.4, 0.5) is 13.2 Å². The van der Waals surface area contributed by atoms with Gasteiger partial charge in [-0.2, -0.15) is 18.2 Å². The van der Waals surface area contributed by atoms with Crippen LogP contribution >= 0.6 is 0 Å². The van der Waals surface area contributed by atoms with Crippen molar-refractivity contribution < 1.29 is 22.4 Å². The Morgan fingerprint density at radius 3 is 2.67 bits per heavy atom. The molecule has 0 saturated carbocycles. The Morgan fingerprint density at radius 2 is 2.00 bits per heavy atom. The van der Waals surface area contributed by atoms with Crippen LogP contribution in [-0.2, 0) is 0 Å². The van der Waals surface area contributed by atoms with E-state index in [1.165, 1.54) is 18.3 Å². The third-order valence-electron chi connectivity index (χ3n) is 3.05. The van der Waals surface area contributed by atoms with E-state index in [9.17, 15) is 13.2 Å². The van der Waals surface area contributed by atoms with Gasteiger partial charge in [-0.1, -0.05) is 5.16 Å². The van der Waals surface area contributed by atoms with Gasteiger partial charge in [0.25, 0.3) is 5.89 Å². The molecule has 0 bridgehead atoms. The first-order valence-electron chi connectivity index (χ1n) is 6.83. The van der Waals surface area contributed by atoms with Gasteiger partial charge >= 0.3 is 6.18 Å². The maximum Gasteiger partial charge on any atom is 0.422 e. The molecule has 0 aliphatic carbocycles. The van der Waals surface area contributed by atoms with E-state index in [2.05, 4.69) is 24.8 Å². The summed E-state index contributed by atoms with van der Waals surface area (Å²) in [7, 11) is 0. The molecule has 0 atom stereocenters. The third kappa shape index (κ3) is 3.67. The van der Waals surface area contributed by atoms with E-state index in [0.29, 0.717) is 11.5 Å². The van der Waals surface area contributed by atoms with Crippen molar-refractivity contribution >= 4 is 0 Å². The van der Waals surface area contributed by atoms with Crippen LogP contribution in [0.25, 0.3) is 22.8 Å². The molecule has 3 aromatic heterocycles. The van der Waals surface area contributed by atoms with Crippen molar-refractivity contribution in [2.24, 2.45) is 0 Å². The minimum Gasteiger partial charge on any atom is -0.468 e. The Kier molecular flexibility index (Phi) is 4.15. The number of hydrogen-bond donors (Lipinski definition) is 0. The number of pyridine rings is 2. The first-order chi connectivity index (χ1) is 11.4. The summed E-state index contributed by atoms with van der Waals surface area (Å²) in [6.07, 6.45) is 0.194. The van der Waals surface area contributed by atoms with Gasteiger partial charge in [-0.15, -0.1) is 0 Å². The largest absolute Gasteiger partial charge is 0.468 e.